The van der Waals surface area contributed by atoms with E-state index < -0.39 is 10.0 Å². The molecule has 2 rings (SSSR count). The summed E-state index contributed by atoms with van der Waals surface area (Å²) in [5.41, 5.74) is 7.69. The maximum Gasteiger partial charge on any atom is 0.240 e. The summed E-state index contributed by atoms with van der Waals surface area (Å²) in [6.45, 7) is 3.95. The van der Waals surface area contributed by atoms with Crippen molar-refractivity contribution in [1.82, 2.24) is 9.71 Å². The standard InChI is InChI=1S/C13H17N3O2S2/c1-9-12(14)4-3-5-13(9)20(17,18)15-7-6-11-8-19-10(2)16-11/h3-5,8,15H,6-7,14H2,1-2H3. The van der Waals surface area contributed by atoms with E-state index in [1.54, 1.807) is 36.5 Å². The number of aromatic nitrogens is 1. The minimum atomic E-state index is -3.53. The van der Waals surface area contributed by atoms with Crippen LogP contribution in [0.4, 0.5) is 5.69 Å². The van der Waals surface area contributed by atoms with Gasteiger partial charge in [0.15, 0.2) is 0 Å². The van der Waals surface area contributed by atoms with E-state index >= 15 is 0 Å². The third kappa shape index (κ3) is 3.36. The fraction of sp³-hybridized carbons (Fsp3) is 0.308. The molecule has 1 aromatic heterocycles. The van der Waals surface area contributed by atoms with Crippen LogP contribution in [0.1, 0.15) is 16.3 Å². The van der Waals surface area contributed by atoms with Crippen LogP contribution in [0.3, 0.4) is 0 Å². The third-order valence-corrected chi connectivity index (χ3v) is 5.38. The molecule has 2 aromatic rings. The van der Waals surface area contributed by atoms with Gasteiger partial charge in [0.2, 0.25) is 10.0 Å². The number of nitrogens with one attached hydrogen (secondary N) is 1. The van der Waals surface area contributed by atoms with Gasteiger partial charge < -0.3 is 5.73 Å². The molecule has 0 saturated carbocycles. The Bertz CT molecular complexity index is 708. The summed E-state index contributed by atoms with van der Waals surface area (Å²) in [5.74, 6) is 0. The highest BCUT2D eigenvalue weighted by Crippen LogP contribution is 2.20. The Labute approximate surface area is 122 Å². The Morgan fingerprint density at radius 3 is 2.75 bits per heavy atom. The monoisotopic (exact) mass is 311 g/mol. The molecule has 1 heterocycles. The molecule has 0 aliphatic heterocycles. The van der Waals surface area contributed by atoms with Crippen LogP contribution in [0, 0.1) is 13.8 Å². The van der Waals surface area contributed by atoms with E-state index in [9.17, 15) is 8.42 Å². The van der Waals surface area contributed by atoms with E-state index in [0.29, 0.717) is 24.2 Å². The normalized spacial score (nSPS) is 11.7. The summed E-state index contributed by atoms with van der Waals surface area (Å²) < 4.78 is 27.0. The highest BCUT2D eigenvalue weighted by molar-refractivity contribution is 7.89. The van der Waals surface area contributed by atoms with Crippen molar-refractivity contribution in [2.24, 2.45) is 0 Å². The lowest BCUT2D eigenvalue weighted by atomic mass is 10.2. The summed E-state index contributed by atoms with van der Waals surface area (Å²) >= 11 is 1.56. The molecule has 0 fully saturated rings. The minimum absolute atomic E-state index is 0.229. The number of hydrogen-bond acceptors (Lipinski definition) is 5. The van der Waals surface area contributed by atoms with Crippen LogP contribution in [-0.2, 0) is 16.4 Å². The maximum absolute atomic E-state index is 12.2. The average molecular weight is 311 g/mol. The maximum atomic E-state index is 12.2. The largest absolute Gasteiger partial charge is 0.398 e. The van der Waals surface area contributed by atoms with Gasteiger partial charge >= 0.3 is 0 Å². The number of thiazole rings is 1. The second-order valence-corrected chi connectivity index (χ2v) is 7.27. The summed E-state index contributed by atoms with van der Waals surface area (Å²) in [6.07, 6.45) is 0.574. The van der Waals surface area contributed by atoms with Crippen molar-refractivity contribution in [3.05, 3.63) is 39.8 Å². The number of sulfonamides is 1. The Morgan fingerprint density at radius 1 is 1.35 bits per heavy atom. The number of benzene rings is 1. The van der Waals surface area contributed by atoms with Gasteiger partial charge in [-0.15, -0.1) is 11.3 Å². The van der Waals surface area contributed by atoms with E-state index in [0.717, 1.165) is 10.7 Å². The second kappa shape index (κ2) is 5.90. The highest BCUT2D eigenvalue weighted by Gasteiger charge is 2.17. The van der Waals surface area contributed by atoms with Gasteiger partial charge in [0.25, 0.3) is 0 Å². The van der Waals surface area contributed by atoms with Crippen LogP contribution in [0.25, 0.3) is 0 Å². The average Bonchev–Trinajstić information content (AvgIpc) is 2.78. The molecular weight excluding hydrogens is 294 g/mol. The zero-order valence-corrected chi connectivity index (χ0v) is 13.0. The van der Waals surface area contributed by atoms with Crippen LogP contribution in [-0.4, -0.2) is 19.9 Å². The minimum Gasteiger partial charge on any atom is -0.398 e. The lowest BCUT2D eigenvalue weighted by Gasteiger charge is -2.10. The smallest absolute Gasteiger partial charge is 0.240 e. The van der Waals surface area contributed by atoms with Gasteiger partial charge in [-0.2, -0.15) is 0 Å². The van der Waals surface area contributed by atoms with Crippen LogP contribution < -0.4 is 10.5 Å². The number of nitrogen functional groups attached to an aromatic ring is 1. The summed E-state index contributed by atoms with van der Waals surface area (Å²) in [5, 5.41) is 2.92. The summed E-state index contributed by atoms with van der Waals surface area (Å²) in [4.78, 5) is 4.53. The molecule has 0 atom stereocenters. The van der Waals surface area contributed by atoms with Gasteiger partial charge in [-0.05, 0) is 31.5 Å². The second-order valence-electron chi connectivity index (χ2n) is 4.48. The van der Waals surface area contributed by atoms with Gasteiger partial charge in [-0.3, -0.25) is 0 Å². The number of rotatable bonds is 5. The lowest BCUT2D eigenvalue weighted by Crippen LogP contribution is -2.26. The van der Waals surface area contributed by atoms with Crippen molar-refractivity contribution in [3.63, 3.8) is 0 Å². The van der Waals surface area contributed by atoms with Crippen LogP contribution in [0.15, 0.2) is 28.5 Å². The lowest BCUT2D eigenvalue weighted by molar-refractivity contribution is 0.581. The van der Waals surface area contributed by atoms with E-state index in [4.69, 9.17) is 5.73 Å². The summed E-state index contributed by atoms with van der Waals surface area (Å²) in [6, 6.07) is 4.88. The van der Waals surface area contributed by atoms with Crippen molar-refractivity contribution in [2.45, 2.75) is 25.2 Å². The van der Waals surface area contributed by atoms with Gasteiger partial charge in [-0.25, -0.2) is 18.1 Å². The Morgan fingerprint density at radius 2 is 2.10 bits per heavy atom. The zero-order chi connectivity index (χ0) is 14.8. The predicted molar refractivity (Wildman–Crippen MR) is 81.3 cm³/mol. The molecule has 7 heteroatoms. The van der Waals surface area contributed by atoms with E-state index in [1.165, 1.54) is 0 Å². The molecule has 20 heavy (non-hydrogen) atoms. The molecule has 0 aliphatic rings. The topological polar surface area (TPSA) is 85.1 Å². The van der Waals surface area contributed by atoms with Crippen LogP contribution in [0.5, 0.6) is 0 Å². The first-order valence-electron chi connectivity index (χ1n) is 6.16. The van der Waals surface area contributed by atoms with E-state index in [2.05, 4.69) is 9.71 Å². The van der Waals surface area contributed by atoms with Crippen molar-refractivity contribution in [2.75, 3.05) is 12.3 Å². The van der Waals surface area contributed by atoms with Crippen molar-refractivity contribution in [3.8, 4) is 0 Å². The number of aryl methyl sites for hydroxylation is 1. The first kappa shape index (κ1) is 15.0. The van der Waals surface area contributed by atoms with Gasteiger partial charge in [0, 0.05) is 24.0 Å². The molecule has 0 amide bonds. The van der Waals surface area contributed by atoms with E-state index in [1.807, 2.05) is 12.3 Å². The molecule has 0 spiro atoms. The Balaban J connectivity index is 2.06. The first-order chi connectivity index (χ1) is 9.40. The molecule has 0 unspecified atom stereocenters. The van der Waals surface area contributed by atoms with Crippen LogP contribution >= 0.6 is 11.3 Å². The first-order valence-corrected chi connectivity index (χ1v) is 8.52. The number of nitrogens with two attached hydrogens (primary N) is 1. The van der Waals surface area contributed by atoms with Gasteiger partial charge in [-0.1, -0.05) is 6.07 Å². The molecule has 3 N–H and O–H groups in total. The van der Waals surface area contributed by atoms with Crippen molar-refractivity contribution in [1.29, 1.82) is 0 Å². The highest BCUT2D eigenvalue weighted by atomic mass is 32.2. The molecular formula is C13H17N3O2S2. The molecule has 0 radical (unpaired) electrons. The SMILES string of the molecule is Cc1nc(CCNS(=O)(=O)c2cccc(N)c2C)cs1. The number of nitrogens with zero attached hydrogens (tertiary/aromatic N) is 1. The fourth-order valence-corrected chi connectivity index (χ4v) is 3.79. The van der Waals surface area contributed by atoms with E-state index in [-0.39, 0.29) is 4.90 Å². The number of anilines is 1. The van der Waals surface area contributed by atoms with Crippen molar-refractivity contribution >= 4 is 27.0 Å². The molecule has 0 saturated heterocycles. The molecule has 0 aliphatic carbocycles. The summed E-state index contributed by atoms with van der Waals surface area (Å²) in [7, 11) is -3.53. The molecule has 108 valence electrons. The zero-order valence-electron chi connectivity index (χ0n) is 11.4. The number of hydrogen-bond donors (Lipinski definition) is 2. The third-order valence-electron chi connectivity index (χ3n) is 2.96. The quantitative estimate of drug-likeness (QED) is 0.825. The fourth-order valence-electron chi connectivity index (χ4n) is 1.84. The van der Waals surface area contributed by atoms with Gasteiger partial charge in [0.05, 0.1) is 15.6 Å². The van der Waals surface area contributed by atoms with Gasteiger partial charge in [0.1, 0.15) is 0 Å². The molecule has 5 nitrogen and oxygen atoms in total. The molecule has 1 aromatic carbocycles. The van der Waals surface area contributed by atoms with Crippen molar-refractivity contribution < 1.29 is 8.42 Å². The Kier molecular flexibility index (Phi) is 4.42. The van der Waals surface area contributed by atoms with Crippen LogP contribution in [0.2, 0.25) is 0 Å². The predicted octanol–water partition coefficient (Wildman–Crippen LogP) is 1.86. The molecule has 0 bridgehead atoms. The Hall–Kier alpha value is -1.44.